The zero-order chi connectivity index (χ0) is 29.3. The van der Waals surface area contributed by atoms with Gasteiger partial charge in [0.1, 0.15) is 24.1 Å². The van der Waals surface area contributed by atoms with Crippen molar-refractivity contribution in [3.63, 3.8) is 0 Å². The predicted molar refractivity (Wildman–Crippen MR) is 155 cm³/mol. The fourth-order valence-corrected chi connectivity index (χ4v) is 5.44. The molecule has 214 valence electrons. The Bertz CT molecular complexity index is 1400. The molecule has 1 atom stereocenters. The average Bonchev–Trinajstić information content (AvgIpc) is 2.97. The maximum absolute atomic E-state index is 14.0. The van der Waals surface area contributed by atoms with E-state index in [0.717, 1.165) is 9.87 Å². The molecule has 0 fully saturated rings. The maximum atomic E-state index is 14.0. The van der Waals surface area contributed by atoms with Gasteiger partial charge in [-0.25, -0.2) is 8.42 Å². The van der Waals surface area contributed by atoms with E-state index >= 15 is 0 Å². The van der Waals surface area contributed by atoms with E-state index in [4.69, 9.17) is 9.47 Å². The summed E-state index contributed by atoms with van der Waals surface area (Å²) < 4.78 is 39.3. The second-order valence-corrected chi connectivity index (χ2v) is 11.6. The molecule has 0 heterocycles. The summed E-state index contributed by atoms with van der Waals surface area (Å²) in [4.78, 5) is 28.5. The molecule has 0 aliphatic heterocycles. The molecule has 9 nitrogen and oxygen atoms in total. The molecular weight excluding hydrogens is 530 g/mol. The second kappa shape index (κ2) is 13.8. The third kappa shape index (κ3) is 7.75. The largest absolute Gasteiger partial charge is 0.497 e. The molecule has 3 aromatic carbocycles. The second-order valence-electron chi connectivity index (χ2n) is 9.71. The van der Waals surface area contributed by atoms with E-state index in [1.54, 1.807) is 74.7 Å². The average molecular weight is 568 g/mol. The van der Waals surface area contributed by atoms with Gasteiger partial charge in [-0.1, -0.05) is 50.2 Å². The highest BCUT2D eigenvalue weighted by Gasteiger charge is 2.32. The van der Waals surface area contributed by atoms with Crippen molar-refractivity contribution in [3.05, 3.63) is 84.4 Å². The van der Waals surface area contributed by atoms with Crippen LogP contribution in [0, 0.1) is 5.92 Å². The molecule has 0 bridgehead atoms. The molecule has 0 aliphatic rings. The van der Waals surface area contributed by atoms with Crippen LogP contribution in [0.25, 0.3) is 0 Å². The van der Waals surface area contributed by atoms with Gasteiger partial charge in [0.05, 0.1) is 24.8 Å². The van der Waals surface area contributed by atoms with Gasteiger partial charge < -0.3 is 19.7 Å². The molecule has 0 spiro atoms. The monoisotopic (exact) mass is 567 g/mol. The van der Waals surface area contributed by atoms with Crippen molar-refractivity contribution in [2.45, 2.75) is 38.3 Å². The number of methoxy groups -OCH3 is 2. The number of amides is 2. The lowest BCUT2D eigenvalue weighted by Gasteiger charge is -2.32. The summed E-state index contributed by atoms with van der Waals surface area (Å²) in [5.74, 6) is 0.388. The molecule has 0 radical (unpaired) electrons. The van der Waals surface area contributed by atoms with Crippen molar-refractivity contribution < 1.29 is 27.5 Å². The molecule has 3 aromatic rings. The van der Waals surface area contributed by atoms with Gasteiger partial charge in [-0.2, -0.15) is 0 Å². The highest BCUT2D eigenvalue weighted by Crippen LogP contribution is 2.27. The zero-order valence-corrected chi connectivity index (χ0v) is 24.4. The van der Waals surface area contributed by atoms with Crippen LogP contribution in [0.15, 0.2) is 83.8 Å². The fourth-order valence-electron chi connectivity index (χ4n) is 4.02. The third-order valence-corrected chi connectivity index (χ3v) is 8.08. The molecule has 3 rings (SSSR count). The van der Waals surface area contributed by atoms with Crippen molar-refractivity contribution in [2.24, 2.45) is 5.92 Å². The van der Waals surface area contributed by atoms with Crippen molar-refractivity contribution in [1.82, 2.24) is 10.2 Å². The SMILES string of the molecule is COc1cccc(CN(C(=O)CN(c2cccc(OC)c2)S(=O)(=O)c2ccccc2)[C@H](C)C(=O)NCC(C)C)c1. The van der Waals surface area contributed by atoms with Crippen LogP contribution < -0.4 is 19.1 Å². The number of carbonyl (C=O) groups is 2. The van der Waals surface area contributed by atoms with Gasteiger partial charge in [-0.05, 0) is 54.8 Å². The highest BCUT2D eigenvalue weighted by molar-refractivity contribution is 7.92. The Morgan fingerprint density at radius 3 is 2.10 bits per heavy atom. The number of ether oxygens (including phenoxy) is 2. The molecule has 0 saturated heterocycles. The van der Waals surface area contributed by atoms with Crippen molar-refractivity contribution in [2.75, 3.05) is 31.6 Å². The molecule has 0 aromatic heterocycles. The van der Waals surface area contributed by atoms with E-state index in [0.29, 0.717) is 18.0 Å². The molecule has 1 N–H and O–H groups in total. The number of carbonyl (C=O) groups excluding carboxylic acids is 2. The molecule has 0 aliphatic carbocycles. The van der Waals surface area contributed by atoms with Gasteiger partial charge in [-0.3, -0.25) is 13.9 Å². The Morgan fingerprint density at radius 1 is 0.850 bits per heavy atom. The van der Waals surface area contributed by atoms with Gasteiger partial charge in [0.2, 0.25) is 11.8 Å². The minimum Gasteiger partial charge on any atom is -0.497 e. The third-order valence-electron chi connectivity index (χ3n) is 6.29. The molecule has 40 heavy (non-hydrogen) atoms. The first-order chi connectivity index (χ1) is 19.1. The number of rotatable bonds is 13. The molecule has 0 unspecified atom stereocenters. The van der Waals surface area contributed by atoms with Crippen molar-refractivity contribution in [3.8, 4) is 11.5 Å². The van der Waals surface area contributed by atoms with Crippen LogP contribution in [0.2, 0.25) is 0 Å². The number of benzene rings is 3. The van der Waals surface area contributed by atoms with Crippen LogP contribution in [-0.4, -0.2) is 58.5 Å². The van der Waals surface area contributed by atoms with Crippen LogP contribution in [-0.2, 0) is 26.2 Å². The van der Waals surface area contributed by atoms with E-state index in [9.17, 15) is 18.0 Å². The van der Waals surface area contributed by atoms with Crippen LogP contribution in [0.1, 0.15) is 26.3 Å². The summed E-state index contributed by atoms with van der Waals surface area (Å²) >= 11 is 0. The van der Waals surface area contributed by atoms with E-state index < -0.39 is 28.5 Å². The standard InChI is InChI=1S/C30H37N3O6S/c1-22(2)19-31-30(35)23(3)32(20-24-11-9-13-26(17-24)38-4)29(34)21-33(25-12-10-14-27(18-25)39-5)40(36,37)28-15-7-6-8-16-28/h6-18,22-23H,19-21H2,1-5H3,(H,31,35)/t23-/m1/s1. The normalized spacial score (nSPS) is 11.9. The van der Waals surface area contributed by atoms with E-state index in [2.05, 4.69) is 5.32 Å². The van der Waals surface area contributed by atoms with Crippen LogP contribution in [0.3, 0.4) is 0 Å². The lowest BCUT2D eigenvalue weighted by molar-refractivity contribution is -0.139. The minimum atomic E-state index is -4.15. The molecule has 10 heteroatoms. The number of sulfonamides is 1. The predicted octanol–water partition coefficient (Wildman–Crippen LogP) is 4.09. The van der Waals surface area contributed by atoms with E-state index in [-0.39, 0.29) is 29.0 Å². The Hall–Kier alpha value is -4.05. The topological polar surface area (TPSA) is 105 Å². The lowest BCUT2D eigenvalue weighted by Crippen LogP contribution is -2.51. The Labute approximate surface area is 236 Å². The highest BCUT2D eigenvalue weighted by atomic mass is 32.2. The Kier molecular flexibility index (Phi) is 10.6. The first kappa shape index (κ1) is 30.5. The Balaban J connectivity index is 2.03. The van der Waals surface area contributed by atoms with Crippen molar-refractivity contribution >= 4 is 27.5 Å². The summed E-state index contributed by atoms with van der Waals surface area (Å²) in [7, 11) is -1.12. The summed E-state index contributed by atoms with van der Waals surface area (Å²) in [6, 6.07) is 20.7. The number of nitrogens with zero attached hydrogens (tertiary/aromatic N) is 2. The van der Waals surface area contributed by atoms with Gasteiger partial charge in [0, 0.05) is 19.2 Å². The maximum Gasteiger partial charge on any atom is 0.264 e. The van der Waals surface area contributed by atoms with Gasteiger partial charge in [0.15, 0.2) is 0 Å². The fraction of sp³-hybridized carbons (Fsp3) is 0.333. The summed E-state index contributed by atoms with van der Waals surface area (Å²) in [6.07, 6.45) is 0. The first-order valence-corrected chi connectivity index (χ1v) is 14.4. The van der Waals surface area contributed by atoms with E-state index in [1.807, 2.05) is 19.9 Å². The number of nitrogens with one attached hydrogen (secondary N) is 1. The molecule has 2 amide bonds. The number of hydrogen-bond acceptors (Lipinski definition) is 6. The summed E-state index contributed by atoms with van der Waals surface area (Å²) in [5, 5.41) is 2.88. The smallest absolute Gasteiger partial charge is 0.264 e. The molecule has 0 saturated carbocycles. The van der Waals surface area contributed by atoms with Crippen LogP contribution >= 0.6 is 0 Å². The van der Waals surface area contributed by atoms with Crippen molar-refractivity contribution in [1.29, 1.82) is 0 Å². The van der Waals surface area contributed by atoms with E-state index in [1.165, 1.54) is 24.1 Å². The van der Waals surface area contributed by atoms with Crippen LogP contribution in [0.4, 0.5) is 5.69 Å². The minimum absolute atomic E-state index is 0.0349. The zero-order valence-electron chi connectivity index (χ0n) is 23.5. The number of hydrogen-bond donors (Lipinski definition) is 1. The van der Waals surface area contributed by atoms with Crippen LogP contribution in [0.5, 0.6) is 11.5 Å². The number of anilines is 1. The van der Waals surface area contributed by atoms with Gasteiger partial charge >= 0.3 is 0 Å². The first-order valence-electron chi connectivity index (χ1n) is 13.0. The van der Waals surface area contributed by atoms with Gasteiger partial charge in [-0.15, -0.1) is 0 Å². The summed E-state index contributed by atoms with van der Waals surface area (Å²) in [6.45, 7) is 5.58. The quantitative estimate of drug-likeness (QED) is 0.334. The lowest BCUT2D eigenvalue weighted by atomic mass is 10.1. The van der Waals surface area contributed by atoms with Gasteiger partial charge in [0.25, 0.3) is 10.0 Å². The molecular formula is C30H37N3O6S. The summed E-state index contributed by atoms with van der Waals surface area (Å²) in [5.41, 5.74) is 0.991. The Morgan fingerprint density at radius 2 is 1.48 bits per heavy atom.